The summed E-state index contributed by atoms with van der Waals surface area (Å²) in [5.41, 5.74) is 0.967. The van der Waals surface area contributed by atoms with Crippen LogP contribution in [0.3, 0.4) is 0 Å². The Morgan fingerprint density at radius 3 is 2.39 bits per heavy atom. The van der Waals surface area contributed by atoms with Crippen molar-refractivity contribution in [2.45, 2.75) is 56.4 Å². The number of amides is 1. The second-order valence-electron chi connectivity index (χ2n) is 8.05. The summed E-state index contributed by atoms with van der Waals surface area (Å²) in [4.78, 5) is 25.4. The van der Waals surface area contributed by atoms with Gasteiger partial charge in [0.25, 0.3) is 5.91 Å². The molecule has 3 rings (SSSR count). The van der Waals surface area contributed by atoms with Crippen LogP contribution >= 0.6 is 11.6 Å². The molecule has 0 saturated carbocycles. The van der Waals surface area contributed by atoms with Crippen LogP contribution in [0.4, 0.5) is 5.69 Å². The summed E-state index contributed by atoms with van der Waals surface area (Å²) in [6.07, 6.45) is 2.09. The minimum absolute atomic E-state index is 0.0591. The van der Waals surface area contributed by atoms with Gasteiger partial charge in [-0.25, -0.2) is 8.42 Å². The summed E-state index contributed by atoms with van der Waals surface area (Å²) in [7, 11) is -3.68. The molecule has 1 amide bonds. The molecule has 0 radical (unpaired) electrons. The molecule has 2 aromatic carbocycles. The molecule has 2 unspecified atom stereocenters. The fourth-order valence-corrected chi connectivity index (χ4v) is 5.49. The molecular weight excluding hydrogens is 464 g/mol. The number of hydrogen-bond acceptors (Lipinski definition) is 5. The molecular formula is C24H29ClN2O5S. The van der Waals surface area contributed by atoms with E-state index in [-0.39, 0.29) is 15.6 Å². The van der Waals surface area contributed by atoms with Gasteiger partial charge in [0, 0.05) is 13.1 Å². The number of carbonyl (C=O) groups excluding carboxylic acids is 2. The van der Waals surface area contributed by atoms with Gasteiger partial charge in [0.15, 0.2) is 6.10 Å². The zero-order valence-corrected chi connectivity index (χ0v) is 20.4. The number of carbonyl (C=O) groups is 2. The highest BCUT2D eigenvalue weighted by Crippen LogP contribution is 2.29. The molecule has 0 aromatic heterocycles. The topological polar surface area (TPSA) is 92.8 Å². The van der Waals surface area contributed by atoms with Crippen molar-refractivity contribution in [3.05, 3.63) is 59.1 Å². The predicted octanol–water partition coefficient (Wildman–Crippen LogP) is 4.58. The van der Waals surface area contributed by atoms with Crippen molar-refractivity contribution < 1.29 is 22.7 Å². The predicted molar refractivity (Wildman–Crippen MR) is 128 cm³/mol. The van der Waals surface area contributed by atoms with Gasteiger partial charge in [-0.05, 0) is 49.9 Å². The van der Waals surface area contributed by atoms with Gasteiger partial charge in [-0.15, -0.1) is 0 Å². The van der Waals surface area contributed by atoms with Crippen molar-refractivity contribution in [3.8, 4) is 0 Å². The minimum Gasteiger partial charge on any atom is -0.452 e. The molecule has 178 valence electrons. The van der Waals surface area contributed by atoms with Crippen LogP contribution in [0.15, 0.2) is 53.4 Å². The number of sulfonamides is 1. The van der Waals surface area contributed by atoms with Crippen LogP contribution in [0.2, 0.25) is 5.02 Å². The lowest BCUT2D eigenvalue weighted by Crippen LogP contribution is -2.35. The van der Waals surface area contributed by atoms with Crippen LogP contribution < -0.4 is 5.32 Å². The Bertz CT molecular complexity index is 1090. The van der Waals surface area contributed by atoms with Gasteiger partial charge in [0.2, 0.25) is 10.0 Å². The average molecular weight is 493 g/mol. The van der Waals surface area contributed by atoms with Gasteiger partial charge in [-0.2, -0.15) is 4.31 Å². The summed E-state index contributed by atoms with van der Waals surface area (Å²) in [6, 6.07) is 13.4. The van der Waals surface area contributed by atoms with E-state index in [4.69, 9.17) is 16.3 Å². The third-order valence-corrected chi connectivity index (χ3v) is 7.93. The molecule has 9 heteroatoms. The highest BCUT2D eigenvalue weighted by molar-refractivity contribution is 7.89. The van der Waals surface area contributed by atoms with E-state index < -0.39 is 33.9 Å². The largest absolute Gasteiger partial charge is 0.452 e. The van der Waals surface area contributed by atoms with Gasteiger partial charge in [0.1, 0.15) is 0 Å². The van der Waals surface area contributed by atoms with Crippen LogP contribution in [0.1, 0.15) is 51.0 Å². The molecule has 1 N–H and O–H groups in total. The first-order chi connectivity index (χ1) is 15.7. The molecule has 1 aliphatic rings. The Morgan fingerprint density at radius 1 is 1.09 bits per heavy atom. The van der Waals surface area contributed by atoms with E-state index in [1.54, 1.807) is 0 Å². The van der Waals surface area contributed by atoms with Crippen molar-refractivity contribution in [3.63, 3.8) is 0 Å². The molecule has 1 aliphatic heterocycles. The monoisotopic (exact) mass is 492 g/mol. The third-order valence-electron chi connectivity index (χ3n) is 5.71. The number of rotatable bonds is 8. The number of nitrogens with zero attached hydrogens (tertiary/aromatic N) is 1. The SMILES string of the molecule is CCC(C(=O)OC(C)C(=O)Nc1cc(S(=O)(=O)N2CCCCC2)ccc1Cl)c1ccccc1. The zero-order valence-electron chi connectivity index (χ0n) is 18.8. The van der Waals surface area contributed by atoms with E-state index in [1.807, 2.05) is 37.3 Å². The van der Waals surface area contributed by atoms with Crippen LogP contribution in [-0.2, 0) is 24.3 Å². The van der Waals surface area contributed by atoms with Crippen LogP contribution in [0.5, 0.6) is 0 Å². The van der Waals surface area contributed by atoms with Gasteiger partial charge in [-0.1, -0.05) is 55.3 Å². The fraction of sp³-hybridized carbons (Fsp3) is 0.417. The summed E-state index contributed by atoms with van der Waals surface area (Å²) in [5.74, 6) is -1.58. The molecule has 0 aliphatic carbocycles. The maximum Gasteiger partial charge on any atom is 0.314 e. The molecule has 7 nitrogen and oxygen atoms in total. The summed E-state index contributed by atoms with van der Waals surface area (Å²) in [5, 5.41) is 2.79. The van der Waals surface area contributed by atoms with Crippen LogP contribution in [-0.4, -0.2) is 43.8 Å². The first kappa shape index (κ1) is 25.2. The van der Waals surface area contributed by atoms with E-state index in [0.717, 1.165) is 24.8 Å². The average Bonchev–Trinajstić information content (AvgIpc) is 2.82. The minimum atomic E-state index is -3.68. The van der Waals surface area contributed by atoms with E-state index in [2.05, 4.69) is 5.32 Å². The first-order valence-electron chi connectivity index (χ1n) is 11.1. The van der Waals surface area contributed by atoms with Crippen molar-refractivity contribution in [1.29, 1.82) is 0 Å². The molecule has 1 heterocycles. The van der Waals surface area contributed by atoms with E-state index in [0.29, 0.717) is 19.5 Å². The van der Waals surface area contributed by atoms with Crippen LogP contribution in [0.25, 0.3) is 0 Å². The number of benzene rings is 2. The molecule has 1 fully saturated rings. The maximum atomic E-state index is 13.0. The summed E-state index contributed by atoms with van der Waals surface area (Å²) in [6.45, 7) is 4.28. The highest BCUT2D eigenvalue weighted by atomic mass is 35.5. The molecule has 2 atom stereocenters. The number of halogens is 1. The standard InChI is InChI=1S/C24H29ClN2O5S/c1-3-20(18-10-6-4-7-11-18)24(29)32-17(2)23(28)26-22-16-19(12-13-21(22)25)33(30,31)27-14-8-5-9-15-27/h4,6-7,10-13,16-17,20H,3,5,8-9,14-15H2,1-2H3,(H,26,28). The normalized spacial score (nSPS) is 16.6. The zero-order chi connectivity index (χ0) is 24.0. The first-order valence-corrected chi connectivity index (χ1v) is 12.9. The van der Waals surface area contributed by atoms with Crippen molar-refractivity contribution in [1.82, 2.24) is 4.31 Å². The second kappa shape index (κ2) is 11.1. The Kier molecular flexibility index (Phi) is 8.51. The van der Waals surface area contributed by atoms with E-state index in [9.17, 15) is 18.0 Å². The Balaban J connectivity index is 1.70. The Morgan fingerprint density at radius 2 is 1.76 bits per heavy atom. The number of anilines is 1. The number of hydrogen-bond donors (Lipinski definition) is 1. The molecule has 0 spiro atoms. The fourth-order valence-electron chi connectivity index (χ4n) is 3.78. The van der Waals surface area contributed by atoms with Gasteiger partial charge in [0.05, 0.1) is 21.5 Å². The van der Waals surface area contributed by atoms with Crippen LogP contribution in [0, 0.1) is 0 Å². The summed E-state index contributed by atoms with van der Waals surface area (Å²) >= 11 is 6.21. The lowest BCUT2D eigenvalue weighted by atomic mass is 9.97. The number of piperidine rings is 1. The highest BCUT2D eigenvalue weighted by Gasteiger charge is 2.28. The lowest BCUT2D eigenvalue weighted by molar-refractivity contribution is -0.154. The maximum absolute atomic E-state index is 13.0. The van der Waals surface area contributed by atoms with Gasteiger partial charge in [-0.3, -0.25) is 9.59 Å². The van der Waals surface area contributed by atoms with Gasteiger partial charge >= 0.3 is 5.97 Å². The molecule has 33 heavy (non-hydrogen) atoms. The van der Waals surface area contributed by atoms with Crippen molar-refractivity contribution >= 4 is 39.2 Å². The van der Waals surface area contributed by atoms with Gasteiger partial charge < -0.3 is 10.1 Å². The smallest absolute Gasteiger partial charge is 0.314 e. The third kappa shape index (κ3) is 6.13. The number of esters is 1. The molecule has 2 aromatic rings. The van der Waals surface area contributed by atoms with Crippen molar-refractivity contribution in [2.75, 3.05) is 18.4 Å². The number of nitrogens with one attached hydrogen (secondary N) is 1. The molecule has 0 bridgehead atoms. The molecule has 1 saturated heterocycles. The Hall–Kier alpha value is -2.42. The number of ether oxygens (including phenoxy) is 1. The quantitative estimate of drug-likeness (QED) is 0.544. The Labute approximate surface area is 200 Å². The van der Waals surface area contributed by atoms with E-state index in [1.165, 1.54) is 29.4 Å². The second-order valence-corrected chi connectivity index (χ2v) is 10.4. The summed E-state index contributed by atoms with van der Waals surface area (Å²) < 4.78 is 32.8. The van der Waals surface area contributed by atoms with Crippen molar-refractivity contribution in [2.24, 2.45) is 0 Å². The lowest BCUT2D eigenvalue weighted by Gasteiger charge is -2.26. The van der Waals surface area contributed by atoms with E-state index >= 15 is 0 Å².